The van der Waals surface area contributed by atoms with Crippen molar-refractivity contribution in [1.29, 1.82) is 0 Å². The maximum absolute atomic E-state index is 13.2. The topological polar surface area (TPSA) is 87.1 Å². The van der Waals surface area contributed by atoms with Crippen LogP contribution in [0.3, 0.4) is 0 Å². The van der Waals surface area contributed by atoms with Crippen LogP contribution in [0, 0.1) is 6.92 Å². The molecule has 3 aromatic rings. The number of amides is 1. The fourth-order valence-electron chi connectivity index (χ4n) is 4.48. The second kappa shape index (κ2) is 8.13. The van der Waals surface area contributed by atoms with Crippen LogP contribution in [0.15, 0.2) is 72.3 Å². The zero-order valence-electron chi connectivity index (χ0n) is 18.1. The Bertz CT molecular complexity index is 1290. The summed E-state index contributed by atoms with van der Waals surface area (Å²) < 4.78 is 5.66. The number of phenols is 1. The highest BCUT2D eigenvalue weighted by Gasteiger charge is 2.47. The first-order chi connectivity index (χ1) is 15.9. The van der Waals surface area contributed by atoms with E-state index in [0.717, 1.165) is 29.7 Å². The molecule has 0 aliphatic carbocycles. The third-order valence-electron chi connectivity index (χ3n) is 6.12. The van der Waals surface area contributed by atoms with Gasteiger partial charge in [-0.1, -0.05) is 29.8 Å². The summed E-state index contributed by atoms with van der Waals surface area (Å²) in [7, 11) is 0. The van der Waals surface area contributed by atoms with Gasteiger partial charge in [0.1, 0.15) is 17.3 Å². The van der Waals surface area contributed by atoms with Crippen molar-refractivity contribution < 1.29 is 24.5 Å². The average Bonchev–Trinajstić information content (AvgIpc) is 3.09. The second-order valence-electron chi connectivity index (χ2n) is 8.37. The molecule has 6 heteroatoms. The van der Waals surface area contributed by atoms with Gasteiger partial charge in [-0.15, -0.1) is 0 Å². The number of aliphatic hydroxyl groups is 1. The minimum Gasteiger partial charge on any atom is -0.508 e. The first kappa shape index (κ1) is 20.8. The van der Waals surface area contributed by atoms with E-state index in [0.29, 0.717) is 23.4 Å². The number of benzene rings is 3. The molecular formula is C27H23NO5. The number of fused-ring (bicyclic) bond motifs is 1. The maximum Gasteiger partial charge on any atom is 0.300 e. The van der Waals surface area contributed by atoms with Crippen molar-refractivity contribution >= 4 is 23.1 Å². The lowest BCUT2D eigenvalue weighted by molar-refractivity contribution is -0.132. The van der Waals surface area contributed by atoms with E-state index in [-0.39, 0.29) is 17.1 Å². The van der Waals surface area contributed by atoms with E-state index >= 15 is 0 Å². The van der Waals surface area contributed by atoms with Crippen LogP contribution in [0.1, 0.15) is 34.7 Å². The van der Waals surface area contributed by atoms with E-state index in [1.54, 1.807) is 36.4 Å². The highest BCUT2D eigenvalue weighted by molar-refractivity contribution is 6.51. The number of aromatic hydroxyl groups is 1. The summed E-state index contributed by atoms with van der Waals surface area (Å²) in [6.45, 7) is 2.59. The number of phenolic OH excluding ortho intramolecular Hbond substituents is 1. The quantitative estimate of drug-likeness (QED) is 0.351. The standard InChI is InChI=1S/C27H23NO5/c1-16-7-10-20(11-8-16)28-24(18-4-2-6-21(29)15-18)23(26(31)27(28)32)25(30)19-9-12-22-17(14-19)5-3-13-33-22/h2,4,6-12,14-15,24,29-30H,3,5,13H2,1H3/b25-23-. The summed E-state index contributed by atoms with van der Waals surface area (Å²) in [5, 5.41) is 21.4. The highest BCUT2D eigenvalue weighted by atomic mass is 16.5. The van der Waals surface area contributed by atoms with Crippen LogP contribution in [0.2, 0.25) is 0 Å². The van der Waals surface area contributed by atoms with Crippen molar-refractivity contribution in [2.24, 2.45) is 0 Å². The van der Waals surface area contributed by atoms with E-state index < -0.39 is 17.7 Å². The first-order valence-electron chi connectivity index (χ1n) is 10.9. The predicted octanol–water partition coefficient (Wildman–Crippen LogP) is 4.65. The van der Waals surface area contributed by atoms with Crippen LogP contribution >= 0.6 is 0 Å². The van der Waals surface area contributed by atoms with Gasteiger partial charge in [0, 0.05) is 11.3 Å². The molecule has 2 aliphatic rings. The van der Waals surface area contributed by atoms with Gasteiger partial charge in [0.2, 0.25) is 0 Å². The molecule has 33 heavy (non-hydrogen) atoms. The lowest BCUT2D eigenvalue weighted by Crippen LogP contribution is -2.29. The van der Waals surface area contributed by atoms with Gasteiger partial charge in [-0.05, 0) is 73.4 Å². The van der Waals surface area contributed by atoms with E-state index in [1.165, 1.54) is 17.0 Å². The van der Waals surface area contributed by atoms with Gasteiger partial charge >= 0.3 is 0 Å². The van der Waals surface area contributed by atoms with Crippen molar-refractivity contribution in [3.05, 3.63) is 94.6 Å². The van der Waals surface area contributed by atoms with Gasteiger partial charge in [-0.3, -0.25) is 14.5 Å². The number of aryl methyl sites for hydroxylation is 2. The van der Waals surface area contributed by atoms with Crippen LogP contribution in [0.25, 0.3) is 5.76 Å². The van der Waals surface area contributed by atoms with Crippen LogP contribution in [-0.2, 0) is 16.0 Å². The van der Waals surface area contributed by atoms with Gasteiger partial charge in [-0.25, -0.2) is 0 Å². The molecule has 6 nitrogen and oxygen atoms in total. The Balaban J connectivity index is 1.70. The SMILES string of the molecule is Cc1ccc(N2C(=O)C(=O)/C(=C(\O)c3ccc4c(c3)CCCO4)C2c2cccc(O)c2)cc1. The van der Waals surface area contributed by atoms with Crippen molar-refractivity contribution in [3.63, 3.8) is 0 Å². The third-order valence-corrected chi connectivity index (χ3v) is 6.12. The number of ketones is 1. The Labute approximate surface area is 191 Å². The Kier molecular flexibility index (Phi) is 5.13. The van der Waals surface area contributed by atoms with Crippen LogP contribution in [0.5, 0.6) is 11.5 Å². The number of anilines is 1. The Morgan fingerprint density at radius 2 is 1.82 bits per heavy atom. The molecule has 1 fully saturated rings. The number of aliphatic hydroxyl groups excluding tert-OH is 1. The summed E-state index contributed by atoms with van der Waals surface area (Å²) in [6.07, 6.45) is 1.68. The van der Waals surface area contributed by atoms with Gasteiger partial charge in [-0.2, -0.15) is 0 Å². The van der Waals surface area contributed by atoms with Crippen molar-refractivity contribution in [1.82, 2.24) is 0 Å². The van der Waals surface area contributed by atoms with E-state index in [9.17, 15) is 19.8 Å². The summed E-state index contributed by atoms with van der Waals surface area (Å²) in [6, 6.07) is 18.1. The van der Waals surface area contributed by atoms with Crippen LogP contribution in [-0.4, -0.2) is 28.5 Å². The molecule has 1 atom stereocenters. The van der Waals surface area contributed by atoms with E-state index in [4.69, 9.17) is 4.74 Å². The summed E-state index contributed by atoms with van der Waals surface area (Å²) >= 11 is 0. The fourth-order valence-corrected chi connectivity index (χ4v) is 4.48. The largest absolute Gasteiger partial charge is 0.508 e. The normalized spacial score (nSPS) is 19.3. The summed E-state index contributed by atoms with van der Waals surface area (Å²) in [5.74, 6) is -0.967. The zero-order valence-corrected chi connectivity index (χ0v) is 18.1. The molecule has 1 unspecified atom stereocenters. The lowest BCUT2D eigenvalue weighted by Gasteiger charge is -2.26. The minimum atomic E-state index is -0.882. The maximum atomic E-state index is 13.2. The molecule has 2 heterocycles. The molecule has 0 radical (unpaired) electrons. The number of nitrogens with zero attached hydrogens (tertiary/aromatic N) is 1. The monoisotopic (exact) mass is 441 g/mol. The number of hydrogen-bond donors (Lipinski definition) is 2. The molecule has 0 bridgehead atoms. The van der Waals surface area contributed by atoms with Crippen molar-refractivity contribution in [3.8, 4) is 11.5 Å². The lowest BCUT2D eigenvalue weighted by atomic mass is 9.93. The second-order valence-corrected chi connectivity index (χ2v) is 8.37. The van der Waals surface area contributed by atoms with Crippen molar-refractivity contribution in [2.75, 3.05) is 11.5 Å². The molecule has 0 aromatic heterocycles. The Morgan fingerprint density at radius 1 is 1.03 bits per heavy atom. The predicted molar refractivity (Wildman–Crippen MR) is 124 cm³/mol. The van der Waals surface area contributed by atoms with E-state index in [2.05, 4.69) is 0 Å². The number of ether oxygens (including phenoxy) is 1. The number of carbonyl (C=O) groups is 2. The fraction of sp³-hybridized carbons (Fsp3) is 0.185. The zero-order chi connectivity index (χ0) is 23.1. The molecule has 5 rings (SSSR count). The van der Waals surface area contributed by atoms with Gasteiger partial charge in [0.15, 0.2) is 0 Å². The number of carbonyl (C=O) groups excluding carboxylic acids is 2. The smallest absolute Gasteiger partial charge is 0.300 e. The first-order valence-corrected chi connectivity index (χ1v) is 10.9. The third kappa shape index (κ3) is 3.63. The molecular weight excluding hydrogens is 418 g/mol. The molecule has 3 aromatic carbocycles. The molecule has 2 aliphatic heterocycles. The van der Waals surface area contributed by atoms with Crippen LogP contribution in [0.4, 0.5) is 5.69 Å². The van der Waals surface area contributed by atoms with Gasteiger partial charge < -0.3 is 14.9 Å². The van der Waals surface area contributed by atoms with Gasteiger partial charge in [0.25, 0.3) is 11.7 Å². The molecule has 0 spiro atoms. The van der Waals surface area contributed by atoms with Crippen molar-refractivity contribution in [2.45, 2.75) is 25.8 Å². The van der Waals surface area contributed by atoms with Gasteiger partial charge in [0.05, 0.1) is 18.2 Å². The number of hydrogen-bond acceptors (Lipinski definition) is 5. The molecule has 1 saturated heterocycles. The highest BCUT2D eigenvalue weighted by Crippen LogP contribution is 2.43. The molecule has 1 amide bonds. The molecule has 2 N–H and O–H groups in total. The molecule has 0 saturated carbocycles. The number of rotatable bonds is 3. The summed E-state index contributed by atoms with van der Waals surface area (Å²) in [5.41, 5.74) is 3.47. The Hall–Kier alpha value is -4.06. The summed E-state index contributed by atoms with van der Waals surface area (Å²) in [4.78, 5) is 27.8. The number of Topliss-reactive ketones (excluding diaryl/α,β-unsaturated/α-hetero) is 1. The average molecular weight is 441 g/mol. The Morgan fingerprint density at radius 3 is 2.58 bits per heavy atom. The van der Waals surface area contributed by atoms with E-state index in [1.807, 2.05) is 25.1 Å². The van der Waals surface area contributed by atoms with Crippen LogP contribution < -0.4 is 9.64 Å². The molecule has 166 valence electrons. The minimum absolute atomic E-state index is 0.00734.